The Morgan fingerprint density at radius 1 is 0.328 bits per heavy atom. The van der Waals surface area contributed by atoms with Gasteiger partial charge in [-0.15, -0.1) is 10.0 Å². The number of hydrogen-bond donors (Lipinski definition) is 0. The molecule has 0 bridgehead atoms. The van der Waals surface area contributed by atoms with Crippen LogP contribution in [0.25, 0.3) is 22.3 Å². The fourth-order valence-electron chi connectivity index (χ4n) is 10.5. The fourth-order valence-corrected chi connectivity index (χ4v) is 14.3. The Hall–Kier alpha value is -7.65. The summed E-state index contributed by atoms with van der Waals surface area (Å²) in [5, 5.41) is 0. The highest BCUT2D eigenvalue weighted by Crippen LogP contribution is 2.73. The topological polar surface area (TPSA) is 3.24 Å². The minimum Gasteiger partial charge on any atom is -0.310 e. The summed E-state index contributed by atoms with van der Waals surface area (Å²) in [6.07, 6.45) is 0. The van der Waals surface area contributed by atoms with Gasteiger partial charge in [0.15, 0.2) is 0 Å². The molecule has 0 aromatic heterocycles. The van der Waals surface area contributed by atoms with E-state index in [1.54, 1.807) is 0 Å². The van der Waals surface area contributed by atoms with Crippen molar-refractivity contribution < 1.29 is 0 Å². The SMILES string of the molecule is CC(C)(C)c1ccc(C2(c3ccccc3)c3ccccc3-c3ccc(N(c4ccccc4)c4ccc(-c5ccc(S(c6ccccc6)(c6ccccc6)c6ccccc6)cc5)cc4)cc32)cc1. The molecule has 67 heavy (non-hydrogen) atoms. The zero-order valence-electron chi connectivity index (χ0n) is 38.3. The van der Waals surface area contributed by atoms with E-state index in [1.165, 1.54) is 69.7 Å². The molecule has 0 radical (unpaired) electrons. The highest BCUT2D eigenvalue weighted by atomic mass is 32.3. The smallest absolute Gasteiger partial charge is 0.0714 e. The minimum atomic E-state index is -1.77. The Morgan fingerprint density at radius 2 is 0.731 bits per heavy atom. The number of rotatable bonds is 10. The molecule has 1 nitrogen and oxygen atoms in total. The first-order valence-electron chi connectivity index (χ1n) is 23.3. The lowest BCUT2D eigenvalue weighted by atomic mass is 9.67. The molecule has 0 amide bonds. The molecule has 2 heteroatoms. The first-order valence-corrected chi connectivity index (χ1v) is 25.0. The van der Waals surface area contributed by atoms with Gasteiger partial charge in [0.2, 0.25) is 0 Å². The quantitative estimate of drug-likeness (QED) is 0.132. The van der Waals surface area contributed by atoms with Gasteiger partial charge < -0.3 is 4.90 Å². The monoisotopic (exact) mass is 879 g/mol. The summed E-state index contributed by atoms with van der Waals surface area (Å²) in [5.74, 6) is 0. The fraction of sp³-hybridized carbons (Fsp3) is 0.0769. The third-order valence-corrected chi connectivity index (χ3v) is 17.6. The van der Waals surface area contributed by atoms with Crippen LogP contribution in [0.5, 0.6) is 0 Å². The number of nitrogens with zero attached hydrogens (tertiary/aromatic N) is 1. The number of fused-ring (bicyclic) bond motifs is 3. The van der Waals surface area contributed by atoms with Crippen molar-refractivity contribution in [2.75, 3.05) is 4.90 Å². The predicted octanol–water partition coefficient (Wildman–Crippen LogP) is 17.8. The Bertz CT molecular complexity index is 3170. The summed E-state index contributed by atoms with van der Waals surface area (Å²) in [6, 6.07) is 99.1. The summed E-state index contributed by atoms with van der Waals surface area (Å²) >= 11 is 0. The van der Waals surface area contributed by atoms with Gasteiger partial charge in [-0.2, -0.15) is 0 Å². The van der Waals surface area contributed by atoms with Crippen molar-refractivity contribution in [2.45, 2.75) is 51.2 Å². The zero-order chi connectivity index (χ0) is 45.4. The molecule has 10 aromatic rings. The zero-order valence-corrected chi connectivity index (χ0v) is 39.1. The van der Waals surface area contributed by atoms with Crippen molar-refractivity contribution in [1.82, 2.24) is 0 Å². The van der Waals surface area contributed by atoms with Gasteiger partial charge >= 0.3 is 0 Å². The Balaban J connectivity index is 1.02. The lowest BCUT2D eigenvalue weighted by Crippen LogP contribution is -2.29. The van der Waals surface area contributed by atoms with Crippen LogP contribution in [0, 0.1) is 0 Å². The third kappa shape index (κ3) is 7.21. The van der Waals surface area contributed by atoms with Gasteiger partial charge in [-0.05, 0) is 140 Å². The summed E-state index contributed by atoms with van der Waals surface area (Å²) in [7, 11) is -1.77. The van der Waals surface area contributed by atoms with Gasteiger partial charge in [-0.1, -0.05) is 203 Å². The maximum Gasteiger partial charge on any atom is 0.0714 e. The van der Waals surface area contributed by atoms with Crippen molar-refractivity contribution in [3.8, 4) is 22.3 Å². The number of hydrogen-bond acceptors (Lipinski definition) is 1. The number of anilines is 3. The highest BCUT2D eigenvalue weighted by Gasteiger charge is 2.46. The minimum absolute atomic E-state index is 0.0478. The van der Waals surface area contributed by atoms with E-state index in [2.05, 4.69) is 293 Å². The second kappa shape index (κ2) is 17.3. The molecule has 0 saturated heterocycles. The predicted molar refractivity (Wildman–Crippen MR) is 283 cm³/mol. The standard InChI is InChI=1S/C65H53NS/c1-64(2,3)50-37-39-52(40-38-50)65(51-21-9-4-10-22-51)62-32-20-19-31-60(62)61-46-43-55(47-63(61)65)66(53-23-11-5-12-24-53)54-41-33-48(34-42-54)49-35-44-59(45-36-49)67(56-25-13-6-14-26-56,57-27-15-7-16-28-57)58-29-17-8-18-30-58/h4-47H,1-3H3. The van der Waals surface area contributed by atoms with Crippen LogP contribution in [0.15, 0.2) is 287 Å². The van der Waals surface area contributed by atoms with Gasteiger partial charge in [-0.3, -0.25) is 0 Å². The maximum atomic E-state index is 2.46. The van der Waals surface area contributed by atoms with Crippen LogP contribution in [0.3, 0.4) is 0 Å². The molecule has 0 aliphatic heterocycles. The molecule has 1 atom stereocenters. The molecule has 0 heterocycles. The maximum absolute atomic E-state index is 2.46. The molecule has 0 saturated carbocycles. The molecular weight excluding hydrogens is 827 g/mol. The summed E-state index contributed by atoms with van der Waals surface area (Å²) < 4.78 is 0. The molecule has 1 aliphatic rings. The average molecular weight is 880 g/mol. The van der Waals surface area contributed by atoms with Gasteiger partial charge in [0, 0.05) is 36.6 Å². The van der Waals surface area contributed by atoms with E-state index >= 15 is 0 Å². The van der Waals surface area contributed by atoms with Gasteiger partial charge in [-0.25, -0.2) is 0 Å². The van der Waals surface area contributed by atoms with Crippen molar-refractivity contribution in [2.24, 2.45) is 0 Å². The van der Waals surface area contributed by atoms with Crippen LogP contribution < -0.4 is 4.90 Å². The van der Waals surface area contributed by atoms with E-state index in [9.17, 15) is 0 Å². The second-order valence-corrected chi connectivity index (χ2v) is 21.6. The lowest BCUT2D eigenvalue weighted by Gasteiger charge is -2.42. The molecule has 11 rings (SSSR count). The van der Waals surface area contributed by atoms with E-state index in [1.807, 2.05) is 0 Å². The molecule has 0 fully saturated rings. The first-order chi connectivity index (χ1) is 32.9. The van der Waals surface area contributed by atoms with Gasteiger partial charge in [0.1, 0.15) is 0 Å². The van der Waals surface area contributed by atoms with Crippen LogP contribution in [0.2, 0.25) is 0 Å². The number of para-hydroxylation sites is 1. The molecule has 10 aromatic carbocycles. The molecule has 1 unspecified atom stereocenters. The molecule has 1 aliphatic carbocycles. The average Bonchev–Trinajstić information content (AvgIpc) is 3.69. The van der Waals surface area contributed by atoms with Crippen LogP contribution in [-0.2, 0) is 10.8 Å². The van der Waals surface area contributed by atoms with Crippen LogP contribution in [0.1, 0.15) is 48.6 Å². The van der Waals surface area contributed by atoms with Crippen molar-refractivity contribution in [3.05, 3.63) is 295 Å². The van der Waals surface area contributed by atoms with Crippen LogP contribution >= 0.6 is 10.0 Å². The van der Waals surface area contributed by atoms with Crippen molar-refractivity contribution in [1.29, 1.82) is 0 Å². The normalized spacial score (nSPS) is 14.5. The van der Waals surface area contributed by atoms with E-state index in [4.69, 9.17) is 0 Å². The molecule has 324 valence electrons. The molecule has 0 spiro atoms. The lowest BCUT2D eigenvalue weighted by molar-refractivity contribution is 0.589. The van der Waals surface area contributed by atoms with E-state index in [0.717, 1.165) is 17.1 Å². The second-order valence-electron chi connectivity index (χ2n) is 18.5. The Labute approximate surface area is 398 Å². The largest absolute Gasteiger partial charge is 0.310 e. The highest BCUT2D eigenvalue weighted by molar-refractivity contribution is 8.34. The van der Waals surface area contributed by atoms with Crippen LogP contribution in [-0.4, -0.2) is 0 Å². The first kappa shape index (κ1) is 42.0. The van der Waals surface area contributed by atoms with Gasteiger partial charge in [0.25, 0.3) is 0 Å². The van der Waals surface area contributed by atoms with Gasteiger partial charge in [0.05, 0.1) is 5.41 Å². The third-order valence-electron chi connectivity index (χ3n) is 13.6. The van der Waals surface area contributed by atoms with Crippen molar-refractivity contribution >= 4 is 27.1 Å². The van der Waals surface area contributed by atoms with E-state index in [-0.39, 0.29) is 5.41 Å². The molecular formula is C65H53NS. The number of benzene rings is 10. The molecule has 0 N–H and O–H groups in total. The van der Waals surface area contributed by atoms with Crippen LogP contribution in [0.4, 0.5) is 17.1 Å². The summed E-state index contributed by atoms with van der Waals surface area (Å²) in [4.78, 5) is 7.68. The van der Waals surface area contributed by atoms with E-state index < -0.39 is 15.4 Å². The summed E-state index contributed by atoms with van der Waals surface area (Å²) in [5.41, 5.74) is 14.2. The van der Waals surface area contributed by atoms with Crippen molar-refractivity contribution in [3.63, 3.8) is 0 Å². The van der Waals surface area contributed by atoms with E-state index in [0.29, 0.717) is 0 Å². The Kier molecular flexibility index (Phi) is 10.8. The summed E-state index contributed by atoms with van der Waals surface area (Å²) in [6.45, 7) is 6.87. The Morgan fingerprint density at radius 3 is 1.27 bits per heavy atom.